The third-order valence-electron chi connectivity index (χ3n) is 4.97. The fraction of sp³-hybridized carbons (Fsp3) is 0.286. The molecule has 1 unspecified atom stereocenters. The van der Waals surface area contributed by atoms with E-state index in [1.807, 2.05) is 13.0 Å². The highest BCUT2D eigenvalue weighted by Gasteiger charge is 2.31. The average Bonchev–Trinajstić information content (AvgIpc) is 3.11. The number of para-hydroxylation sites is 2. The van der Waals surface area contributed by atoms with Crippen LogP contribution in [0.5, 0.6) is 11.5 Å². The smallest absolute Gasteiger partial charge is 0.254 e. The van der Waals surface area contributed by atoms with Gasteiger partial charge in [0.05, 0.1) is 11.4 Å². The van der Waals surface area contributed by atoms with E-state index in [1.54, 1.807) is 48.3 Å². The van der Waals surface area contributed by atoms with Crippen LogP contribution in [0.15, 0.2) is 42.5 Å². The van der Waals surface area contributed by atoms with Gasteiger partial charge in [-0.1, -0.05) is 12.1 Å². The molecular formula is C21H21N3O5. The van der Waals surface area contributed by atoms with Crippen LogP contribution in [-0.2, 0) is 9.59 Å². The van der Waals surface area contributed by atoms with Crippen LogP contribution in [-0.4, -0.2) is 49.0 Å². The number of hydrogen-bond donors (Lipinski definition) is 1. The molecule has 0 saturated carbocycles. The summed E-state index contributed by atoms with van der Waals surface area (Å²) in [5, 5.41) is 2.82. The lowest BCUT2D eigenvalue weighted by Gasteiger charge is -2.29. The van der Waals surface area contributed by atoms with Crippen molar-refractivity contribution in [2.45, 2.75) is 19.4 Å². The zero-order valence-electron chi connectivity index (χ0n) is 16.2. The van der Waals surface area contributed by atoms with Crippen LogP contribution in [0, 0.1) is 0 Å². The maximum Gasteiger partial charge on any atom is 0.254 e. The highest BCUT2D eigenvalue weighted by atomic mass is 16.7. The van der Waals surface area contributed by atoms with Crippen LogP contribution in [0.3, 0.4) is 0 Å². The molecule has 3 amide bonds. The molecule has 29 heavy (non-hydrogen) atoms. The third-order valence-corrected chi connectivity index (χ3v) is 4.97. The van der Waals surface area contributed by atoms with E-state index in [1.165, 1.54) is 4.90 Å². The predicted octanol–water partition coefficient (Wildman–Crippen LogP) is 2.25. The van der Waals surface area contributed by atoms with Gasteiger partial charge in [-0.15, -0.1) is 0 Å². The van der Waals surface area contributed by atoms with Crippen LogP contribution in [0.4, 0.5) is 11.4 Å². The number of amides is 3. The molecule has 0 saturated heterocycles. The van der Waals surface area contributed by atoms with E-state index < -0.39 is 0 Å². The molecule has 2 aliphatic heterocycles. The number of anilines is 2. The van der Waals surface area contributed by atoms with Gasteiger partial charge in [0.15, 0.2) is 11.5 Å². The molecule has 4 rings (SSSR count). The Balaban J connectivity index is 1.53. The minimum absolute atomic E-state index is 0.125. The van der Waals surface area contributed by atoms with E-state index in [9.17, 15) is 14.4 Å². The summed E-state index contributed by atoms with van der Waals surface area (Å²) < 4.78 is 10.6. The maximum atomic E-state index is 13.1. The Morgan fingerprint density at radius 3 is 2.76 bits per heavy atom. The quantitative estimate of drug-likeness (QED) is 0.861. The highest BCUT2D eigenvalue weighted by Crippen LogP contribution is 2.33. The average molecular weight is 395 g/mol. The van der Waals surface area contributed by atoms with Crippen LogP contribution in [0.2, 0.25) is 0 Å². The molecule has 0 aliphatic carbocycles. The summed E-state index contributed by atoms with van der Waals surface area (Å²) in [5.74, 6) is 0.382. The predicted molar refractivity (Wildman–Crippen MR) is 106 cm³/mol. The Hall–Kier alpha value is -3.55. The van der Waals surface area contributed by atoms with Gasteiger partial charge in [0.1, 0.15) is 6.54 Å². The first-order valence-electron chi connectivity index (χ1n) is 9.30. The summed E-state index contributed by atoms with van der Waals surface area (Å²) >= 11 is 0. The normalized spacial score (nSPS) is 17.2. The van der Waals surface area contributed by atoms with Crippen molar-refractivity contribution < 1.29 is 23.9 Å². The molecule has 2 aromatic carbocycles. The lowest BCUT2D eigenvalue weighted by molar-refractivity contribution is -0.119. The van der Waals surface area contributed by atoms with Crippen LogP contribution in [0.1, 0.15) is 23.7 Å². The lowest BCUT2D eigenvalue weighted by Crippen LogP contribution is -2.45. The van der Waals surface area contributed by atoms with Crippen molar-refractivity contribution in [2.24, 2.45) is 0 Å². The second-order valence-corrected chi connectivity index (χ2v) is 7.11. The number of nitrogens with zero attached hydrogens (tertiary/aromatic N) is 2. The Bertz CT molecular complexity index is 990. The summed E-state index contributed by atoms with van der Waals surface area (Å²) in [5.41, 5.74) is 1.62. The molecule has 2 aromatic rings. The number of nitrogens with one attached hydrogen (secondary N) is 1. The zero-order chi connectivity index (χ0) is 20.5. The Kier molecular flexibility index (Phi) is 4.84. The molecule has 8 heteroatoms. The van der Waals surface area contributed by atoms with Crippen LogP contribution >= 0.6 is 0 Å². The van der Waals surface area contributed by atoms with E-state index >= 15 is 0 Å². The number of ether oxygens (including phenoxy) is 2. The monoisotopic (exact) mass is 395 g/mol. The van der Waals surface area contributed by atoms with Gasteiger partial charge in [0.25, 0.3) is 5.91 Å². The summed E-state index contributed by atoms with van der Waals surface area (Å²) in [6, 6.07) is 11.7. The molecular weight excluding hydrogens is 374 g/mol. The SMILES string of the molecule is CC1CC(=O)Nc2ccccc2N1C(=O)CN(C)C(=O)c1ccc2c(c1)OCO2. The van der Waals surface area contributed by atoms with Crippen molar-refractivity contribution in [2.75, 3.05) is 30.6 Å². The number of rotatable bonds is 3. The summed E-state index contributed by atoms with van der Waals surface area (Å²) in [4.78, 5) is 40.9. The van der Waals surface area contributed by atoms with Gasteiger partial charge in [-0.05, 0) is 37.3 Å². The number of fused-ring (bicyclic) bond motifs is 2. The number of benzene rings is 2. The van der Waals surface area contributed by atoms with Gasteiger partial charge >= 0.3 is 0 Å². The first kappa shape index (κ1) is 18.8. The number of hydrogen-bond acceptors (Lipinski definition) is 5. The van der Waals surface area contributed by atoms with Crippen molar-refractivity contribution in [1.82, 2.24) is 4.90 Å². The van der Waals surface area contributed by atoms with E-state index in [0.717, 1.165) is 0 Å². The molecule has 1 N–H and O–H groups in total. The molecule has 8 nitrogen and oxygen atoms in total. The highest BCUT2D eigenvalue weighted by molar-refractivity contribution is 6.06. The Morgan fingerprint density at radius 1 is 1.17 bits per heavy atom. The zero-order valence-corrected chi connectivity index (χ0v) is 16.2. The molecule has 2 aliphatic rings. The first-order chi connectivity index (χ1) is 13.9. The second kappa shape index (κ2) is 7.46. The topological polar surface area (TPSA) is 88.2 Å². The fourth-order valence-electron chi connectivity index (χ4n) is 3.57. The lowest BCUT2D eigenvalue weighted by atomic mass is 10.1. The molecule has 150 valence electrons. The minimum atomic E-state index is -0.333. The van der Waals surface area contributed by atoms with Gasteiger partial charge in [-0.2, -0.15) is 0 Å². The molecule has 0 aromatic heterocycles. The van der Waals surface area contributed by atoms with Gasteiger partial charge < -0.3 is 24.6 Å². The molecule has 0 spiro atoms. The first-order valence-corrected chi connectivity index (χ1v) is 9.30. The van der Waals surface area contributed by atoms with E-state index in [-0.39, 0.29) is 43.5 Å². The fourth-order valence-corrected chi connectivity index (χ4v) is 3.57. The molecule has 0 bridgehead atoms. The number of likely N-dealkylation sites (N-methyl/N-ethyl adjacent to an activating group) is 1. The van der Waals surface area contributed by atoms with Crippen molar-refractivity contribution in [3.8, 4) is 11.5 Å². The molecule has 0 radical (unpaired) electrons. The third kappa shape index (κ3) is 3.61. The number of carbonyl (C=O) groups is 3. The largest absolute Gasteiger partial charge is 0.454 e. The maximum absolute atomic E-state index is 13.1. The van der Waals surface area contributed by atoms with Crippen molar-refractivity contribution >= 4 is 29.1 Å². The molecule has 2 heterocycles. The van der Waals surface area contributed by atoms with Gasteiger partial charge in [0.2, 0.25) is 18.6 Å². The molecule has 1 atom stereocenters. The van der Waals surface area contributed by atoms with Crippen LogP contribution in [0.25, 0.3) is 0 Å². The van der Waals surface area contributed by atoms with Gasteiger partial charge in [-0.3, -0.25) is 14.4 Å². The Labute approximate surface area is 168 Å². The van der Waals surface area contributed by atoms with Crippen LogP contribution < -0.4 is 19.7 Å². The van der Waals surface area contributed by atoms with E-state index in [0.29, 0.717) is 28.4 Å². The summed E-state index contributed by atoms with van der Waals surface area (Å²) in [6.07, 6.45) is 0.181. The number of carbonyl (C=O) groups excluding carboxylic acids is 3. The summed E-state index contributed by atoms with van der Waals surface area (Å²) in [7, 11) is 1.57. The Morgan fingerprint density at radius 2 is 1.93 bits per heavy atom. The van der Waals surface area contributed by atoms with Crippen molar-refractivity contribution in [1.29, 1.82) is 0 Å². The van der Waals surface area contributed by atoms with E-state index in [4.69, 9.17) is 9.47 Å². The minimum Gasteiger partial charge on any atom is -0.454 e. The summed E-state index contributed by atoms with van der Waals surface area (Å²) in [6.45, 7) is 1.82. The molecule has 0 fully saturated rings. The van der Waals surface area contributed by atoms with Crippen molar-refractivity contribution in [3.63, 3.8) is 0 Å². The van der Waals surface area contributed by atoms with Gasteiger partial charge in [-0.25, -0.2) is 0 Å². The van der Waals surface area contributed by atoms with Gasteiger partial charge in [0, 0.05) is 25.1 Å². The second-order valence-electron chi connectivity index (χ2n) is 7.11. The van der Waals surface area contributed by atoms with E-state index in [2.05, 4.69) is 5.32 Å². The standard InChI is InChI=1S/C21H21N3O5/c1-13-9-19(25)22-15-5-3-4-6-16(15)24(13)20(26)11-23(2)21(27)14-7-8-17-18(10-14)29-12-28-17/h3-8,10,13H,9,11-12H2,1-2H3,(H,22,25). The van der Waals surface area contributed by atoms with Crippen molar-refractivity contribution in [3.05, 3.63) is 48.0 Å².